The predicted octanol–water partition coefficient (Wildman–Crippen LogP) is 2.01. The quantitative estimate of drug-likeness (QED) is 0.707. The fraction of sp³-hybridized carbons (Fsp3) is 0.455. The first-order chi connectivity index (χ1) is 15.2. The third-order valence-electron chi connectivity index (χ3n) is 6.10. The Kier molecular flexibility index (Phi) is 6.44. The number of carbonyl (C=O) groups is 2. The lowest BCUT2D eigenvalue weighted by Gasteiger charge is -2.37. The number of ether oxygens (including phenoxy) is 1. The van der Waals surface area contributed by atoms with Crippen molar-refractivity contribution in [1.82, 2.24) is 14.5 Å². The number of carbonyl (C=O) groups excluding carboxylic acids is 2. The summed E-state index contributed by atoms with van der Waals surface area (Å²) in [5, 5.41) is 2.12. The molecule has 0 saturated carbocycles. The van der Waals surface area contributed by atoms with E-state index in [1.165, 1.54) is 11.0 Å². The van der Waals surface area contributed by atoms with Crippen LogP contribution in [0.25, 0.3) is 10.8 Å². The molecule has 0 aromatic heterocycles. The van der Waals surface area contributed by atoms with Crippen LogP contribution in [-0.4, -0.2) is 74.5 Å². The van der Waals surface area contributed by atoms with Gasteiger partial charge in [0.1, 0.15) is 12.1 Å². The number of likely N-dealkylation sites (tertiary alicyclic amines) is 1. The molecule has 0 aliphatic carbocycles. The van der Waals surface area contributed by atoms with Crippen molar-refractivity contribution in [3.05, 3.63) is 41.4 Å². The first-order valence-corrected chi connectivity index (χ1v) is 12.4. The summed E-state index contributed by atoms with van der Waals surface area (Å²) in [6.45, 7) is 5.32. The minimum Gasteiger partial charge on any atom is -0.377 e. The Bertz CT molecular complexity index is 1160. The van der Waals surface area contributed by atoms with Gasteiger partial charge in [-0.1, -0.05) is 23.7 Å². The lowest BCUT2D eigenvalue weighted by atomic mass is 10.1. The highest BCUT2D eigenvalue weighted by Gasteiger charge is 2.41. The number of sulfonamides is 1. The van der Waals surface area contributed by atoms with Gasteiger partial charge < -0.3 is 14.5 Å². The number of halogens is 1. The Balaban J connectivity index is 1.46. The second kappa shape index (κ2) is 8.97. The summed E-state index contributed by atoms with van der Waals surface area (Å²) >= 11 is 5.99. The maximum Gasteiger partial charge on any atom is 0.245 e. The molecule has 2 aromatic rings. The fourth-order valence-corrected chi connectivity index (χ4v) is 5.68. The summed E-state index contributed by atoms with van der Waals surface area (Å²) in [7, 11) is -3.92. The number of rotatable bonds is 5. The number of nitrogens with one attached hydrogen (secondary N) is 1. The van der Waals surface area contributed by atoms with E-state index in [9.17, 15) is 18.0 Å². The smallest absolute Gasteiger partial charge is 0.245 e. The Morgan fingerprint density at radius 2 is 1.91 bits per heavy atom. The van der Waals surface area contributed by atoms with Crippen molar-refractivity contribution in [1.29, 1.82) is 0 Å². The van der Waals surface area contributed by atoms with Gasteiger partial charge in [0.05, 0.1) is 24.2 Å². The number of nitrogens with zero attached hydrogens (tertiary/aromatic N) is 2. The first-order valence-electron chi connectivity index (χ1n) is 10.6. The maximum absolute atomic E-state index is 13.0. The normalized spacial score (nSPS) is 23.0. The van der Waals surface area contributed by atoms with Crippen LogP contribution in [0.15, 0.2) is 41.3 Å². The van der Waals surface area contributed by atoms with Gasteiger partial charge in [-0.25, -0.2) is 8.42 Å². The molecule has 2 fully saturated rings. The van der Waals surface area contributed by atoms with Gasteiger partial charge >= 0.3 is 0 Å². The minimum absolute atomic E-state index is 0.0616. The maximum atomic E-state index is 13.0. The van der Waals surface area contributed by atoms with Crippen LogP contribution >= 0.6 is 11.6 Å². The van der Waals surface area contributed by atoms with E-state index in [2.05, 4.69) is 4.72 Å². The number of benzene rings is 2. The van der Waals surface area contributed by atoms with E-state index in [1.807, 2.05) is 6.92 Å². The average molecular weight is 480 g/mol. The molecule has 3 atom stereocenters. The van der Waals surface area contributed by atoms with Crippen LogP contribution in [0.1, 0.15) is 20.3 Å². The Morgan fingerprint density at radius 1 is 1.19 bits per heavy atom. The van der Waals surface area contributed by atoms with Gasteiger partial charge in [0.25, 0.3) is 0 Å². The van der Waals surface area contributed by atoms with Gasteiger partial charge in [0.15, 0.2) is 0 Å². The highest BCUT2D eigenvalue weighted by Crippen LogP contribution is 2.24. The predicted molar refractivity (Wildman–Crippen MR) is 121 cm³/mol. The standard InChI is InChI=1S/C22H26ClN3O5S/c1-14-13-31-10-9-25(14)21(27)15(2)26-8-7-20(22(26)28)24-32(29,30)19-6-4-16-11-18(23)5-3-17(16)12-19/h3-6,11-12,14-15,20,24H,7-10,13H2,1-2H3/t14?,15?,20-/m0/s1. The largest absolute Gasteiger partial charge is 0.377 e. The van der Waals surface area contributed by atoms with Crippen molar-refractivity contribution >= 4 is 44.2 Å². The average Bonchev–Trinajstić information content (AvgIpc) is 3.12. The number of hydrogen-bond acceptors (Lipinski definition) is 5. The molecular weight excluding hydrogens is 454 g/mol. The van der Waals surface area contributed by atoms with E-state index >= 15 is 0 Å². The van der Waals surface area contributed by atoms with Gasteiger partial charge in [-0.15, -0.1) is 0 Å². The van der Waals surface area contributed by atoms with Crippen LogP contribution in [0.2, 0.25) is 5.02 Å². The van der Waals surface area contributed by atoms with E-state index in [0.29, 0.717) is 37.7 Å². The zero-order valence-corrected chi connectivity index (χ0v) is 19.5. The van der Waals surface area contributed by atoms with Crippen molar-refractivity contribution < 1.29 is 22.7 Å². The van der Waals surface area contributed by atoms with E-state index < -0.39 is 22.1 Å². The molecule has 10 heteroatoms. The Labute approximate surface area is 192 Å². The molecule has 8 nitrogen and oxygen atoms in total. The summed E-state index contributed by atoms with van der Waals surface area (Å²) in [5.74, 6) is -0.534. The monoisotopic (exact) mass is 479 g/mol. The summed E-state index contributed by atoms with van der Waals surface area (Å²) in [5.41, 5.74) is 0. The molecule has 1 N–H and O–H groups in total. The van der Waals surface area contributed by atoms with Crippen LogP contribution < -0.4 is 4.72 Å². The Hall–Kier alpha value is -2.20. The van der Waals surface area contributed by atoms with Crippen molar-refractivity contribution in [3.8, 4) is 0 Å². The first kappa shape index (κ1) is 23.0. The van der Waals surface area contributed by atoms with E-state index in [1.54, 1.807) is 42.2 Å². The van der Waals surface area contributed by atoms with Gasteiger partial charge in [0.2, 0.25) is 21.8 Å². The van der Waals surface area contributed by atoms with Crippen molar-refractivity contribution in [2.24, 2.45) is 0 Å². The van der Waals surface area contributed by atoms with E-state index in [4.69, 9.17) is 16.3 Å². The number of fused-ring (bicyclic) bond motifs is 1. The molecule has 2 unspecified atom stereocenters. The van der Waals surface area contributed by atoms with Crippen molar-refractivity contribution in [3.63, 3.8) is 0 Å². The molecule has 2 amide bonds. The van der Waals surface area contributed by atoms with Gasteiger partial charge in [-0.05, 0) is 55.3 Å². The molecule has 32 heavy (non-hydrogen) atoms. The molecule has 2 aliphatic heterocycles. The SMILES string of the molecule is CC1COCCN1C(=O)C(C)N1CC[C@H](NS(=O)(=O)c2ccc3cc(Cl)ccc3c2)C1=O. The highest BCUT2D eigenvalue weighted by molar-refractivity contribution is 7.89. The molecule has 2 aliphatic rings. The topological polar surface area (TPSA) is 96.0 Å². The van der Waals surface area contributed by atoms with Crippen molar-refractivity contribution in [2.75, 3.05) is 26.3 Å². The lowest BCUT2D eigenvalue weighted by molar-refractivity contribution is -0.148. The second-order valence-electron chi connectivity index (χ2n) is 8.28. The van der Waals surface area contributed by atoms with Gasteiger partial charge in [-0.3, -0.25) is 9.59 Å². The molecule has 2 heterocycles. The zero-order valence-electron chi connectivity index (χ0n) is 18.0. The number of hydrogen-bond donors (Lipinski definition) is 1. The molecule has 4 rings (SSSR count). The highest BCUT2D eigenvalue weighted by atomic mass is 35.5. The van der Waals surface area contributed by atoms with Crippen LogP contribution in [0.3, 0.4) is 0 Å². The fourth-order valence-electron chi connectivity index (χ4n) is 4.24. The minimum atomic E-state index is -3.92. The van der Waals surface area contributed by atoms with Crippen LogP contribution in [0.5, 0.6) is 0 Å². The van der Waals surface area contributed by atoms with E-state index in [0.717, 1.165) is 10.8 Å². The van der Waals surface area contributed by atoms with Crippen LogP contribution in [-0.2, 0) is 24.3 Å². The Morgan fingerprint density at radius 3 is 2.66 bits per heavy atom. The zero-order chi connectivity index (χ0) is 23.0. The van der Waals surface area contributed by atoms with Gasteiger partial charge in [0, 0.05) is 18.1 Å². The summed E-state index contributed by atoms with van der Waals surface area (Å²) in [6.07, 6.45) is 0.303. The third kappa shape index (κ3) is 4.47. The number of morpholine rings is 1. The molecular formula is C22H26ClN3O5S. The number of amides is 2. The summed E-state index contributed by atoms with van der Waals surface area (Å²) in [6, 6.07) is 8.30. The molecule has 2 saturated heterocycles. The molecule has 0 spiro atoms. The molecule has 2 aromatic carbocycles. The molecule has 172 valence electrons. The summed E-state index contributed by atoms with van der Waals surface area (Å²) in [4.78, 5) is 29.1. The molecule has 0 bridgehead atoms. The van der Waals surface area contributed by atoms with Crippen LogP contribution in [0, 0.1) is 0 Å². The van der Waals surface area contributed by atoms with E-state index in [-0.39, 0.29) is 22.8 Å². The van der Waals surface area contributed by atoms with Crippen LogP contribution in [0.4, 0.5) is 0 Å². The van der Waals surface area contributed by atoms with Gasteiger partial charge in [-0.2, -0.15) is 4.72 Å². The second-order valence-corrected chi connectivity index (χ2v) is 10.4. The summed E-state index contributed by atoms with van der Waals surface area (Å²) < 4.78 is 33.8. The molecule has 0 radical (unpaired) electrons. The van der Waals surface area contributed by atoms with Crippen molar-refractivity contribution in [2.45, 2.75) is 43.3 Å². The lowest BCUT2D eigenvalue weighted by Crippen LogP contribution is -2.55. The third-order valence-corrected chi connectivity index (χ3v) is 7.80.